The van der Waals surface area contributed by atoms with Gasteiger partial charge in [0.25, 0.3) is 0 Å². The monoisotopic (exact) mass is 465 g/mol. The van der Waals surface area contributed by atoms with E-state index in [4.69, 9.17) is 14.2 Å². The Balaban J connectivity index is 1.36. The third-order valence-corrected chi connectivity index (χ3v) is 5.78. The summed E-state index contributed by atoms with van der Waals surface area (Å²) in [5, 5.41) is 30.3. The fourth-order valence-electron chi connectivity index (χ4n) is 4.05. The maximum absolute atomic E-state index is 10.7. The molecule has 11 nitrogen and oxygen atoms in total. The van der Waals surface area contributed by atoms with Crippen molar-refractivity contribution in [3.63, 3.8) is 0 Å². The first kappa shape index (κ1) is 22.2. The van der Waals surface area contributed by atoms with Crippen LogP contribution in [0.1, 0.15) is 11.8 Å². The highest BCUT2D eigenvalue weighted by atomic mass is 16.6. The van der Waals surface area contributed by atoms with Gasteiger partial charge in [0.05, 0.1) is 26.7 Å². The molecule has 1 aromatic carbocycles. The first-order valence-corrected chi connectivity index (χ1v) is 10.6. The molecule has 1 fully saturated rings. The van der Waals surface area contributed by atoms with Crippen LogP contribution in [0.25, 0.3) is 22.3 Å². The highest BCUT2D eigenvalue weighted by Gasteiger charge is 2.46. The molecule has 4 aromatic rings. The minimum absolute atomic E-state index is 0.192. The van der Waals surface area contributed by atoms with Gasteiger partial charge in [0.15, 0.2) is 17.4 Å². The Bertz CT molecular complexity index is 1280. The molecule has 4 heterocycles. The number of aliphatic hydroxyl groups is 2. The third kappa shape index (κ3) is 3.94. The average molecular weight is 465 g/mol. The predicted octanol–water partition coefficient (Wildman–Crippen LogP) is 1.44. The van der Waals surface area contributed by atoms with E-state index in [1.54, 1.807) is 17.9 Å². The molecule has 4 atom stereocenters. The zero-order chi connectivity index (χ0) is 23.7. The summed E-state index contributed by atoms with van der Waals surface area (Å²) in [6, 6.07) is 11.5. The largest absolute Gasteiger partial charge is 0.492 e. The number of methoxy groups -OCH3 is 1. The Kier molecular flexibility index (Phi) is 6.07. The number of pyridine rings is 1. The molecule has 176 valence electrons. The van der Waals surface area contributed by atoms with E-state index in [1.807, 2.05) is 36.4 Å². The van der Waals surface area contributed by atoms with Crippen molar-refractivity contribution in [3.8, 4) is 22.9 Å². The molecule has 3 N–H and O–H groups in total. The summed E-state index contributed by atoms with van der Waals surface area (Å²) in [7, 11) is 1.58. The number of aliphatic hydroxyl groups excluding tert-OH is 2. The van der Waals surface area contributed by atoms with Gasteiger partial charge in [-0.25, -0.2) is 15.0 Å². The maximum atomic E-state index is 10.7. The molecule has 0 aliphatic carbocycles. The molecule has 1 aliphatic heterocycles. The molecule has 1 saturated heterocycles. The summed E-state index contributed by atoms with van der Waals surface area (Å²) in [5.41, 5.74) is 3.22. The summed E-state index contributed by atoms with van der Waals surface area (Å²) in [6.45, 7) is -0.191. The van der Waals surface area contributed by atoms with Gasteiger partial charge in [-0.15, -0.1) is 0 Å². The Morgan fingerprint density at radius 1 is 1.09 bits per heavy atom. The molecule has 0 unspecified atom stereocenters. The van der Waals surface area contributed by atoms with Crippen molar-refractivity contribution < 1.29 is 29.5 Å². The summed E-state index contributed by atoms with van der Waals surface area (Å²) in [6.07, 6.45) is 0.759. The summed E-state index contributed by atoms with van der Waals surface area (Å²) < 4.78 is 18.8. The standard InChI is InChI=1S/C23H23N5O6/c1-32-22-15(3-2-8-24-22)14-6-4-13(5-7-14)10-33-19-18(30)16(9-29)34-23(19)28-12-27-17-20(28)25-11-26-21(17)31/h2-8,11-12,16,18-19,23,29-30H,9-10H2,1H3,(H,25,26,31)/t16-,18-,19-,23-/m1/s1. The lowest BCUT2D eigenvalue weighted by Gasteiger charge is -2.22. The van der Waals surface area contributed by atoms with Gasteiger partial charge in [0.1, 0.15) is 24.6 Å². The van der Waals surface area contributed by atoms with Gasteiger partial charge in [0.2, 0.25) is 11.8 Å². The number of ether oxygens (including phenoxy) is 3. The topological polar surface area (TPSA) is 145 Å². The molecule has 0 radical (unpaired) electrons. The third-order valence-electron chi connectivity index (χ3n) is 5.78. The normalized spacial score (nSPS) is 22.3. The second-order valence-corrected chi connectivity index (χ2v) is 7.79. The van der Waals surface area contributed by atoms with Crippen molar-refractivity contribution in [1.29, 1.82) is 0 Å². The molecule has 0 amide bonds. The number of fused-ring (bicyclic) bond motifs is 1. The zero-order valence-electron chi connectivity index (χ0n) is 18.2. The Labute approximate surface area is 194 Å². The Morgan fingerprint density at radius 3 is 2.68 bits per heavy atom. The van der Waals surface area contributed by atoms with Gasteiger partial charge >= 0.3 is 0 Å². The summed E-state index contributed by atoms with van der Waals surface area (Å²) in [5.74, 6) is 0.279. The van der Waals surface area contributed by atoms with E-state index in [-0.39, 0.29) is 24.6 Å². The van der Waals surface area contributed by atoms with E-state index in [0.717, 1.165) is 16.7 Å². The lowest BCUT2D eigenvalue weighted by atomic mass is 10.1. The maximum Gasteiger partial charge on any atom is 0.242 e. The first-order chi connectivity index (χ1) is 16.6. The van der Waals surface area contributed by atoms with Crippen LogP contribution in [0.15, 0.2) is 55.2 Å². The molecule has 0 saturated carbocycles. The van der Waals surface area contributed by atoms with E-state index >= 15 is 0 Å². The van der Waals surface area contributed by atoms with Crippen molar-refractivity contribution in [2.24, 2.45) is 0 Å². The lowest BCUT2D eigenvalue weighted by Crippen LogP contribution is -2.35. The van der Waals surface area contributed by atoms with Crippen LogP contribution < -0.4 is 4.74 Å². The molecule has 5 rings (SSSR count). The van der Waals surface area contributed by atoms with E-state index < -0.39 is 24.5 Å². The predicted molar refractivity (Wildman–Crippen MR) is 119 cm³/mol. The number of rotatable bonds is 7. The van der Waals surface area contributed by atoms with Crippen molar-refractivity contribution in [2.75, 3.05) is 13.7 Å². The smallest absolute Gasteiger partial charge is 0.242 e. The number of hydrogen-bond acceptors (Lipinski definition) is 10. The molecule has 3 aromatic heterocycles. The van der Waals surface area contributed by atoms with E-state index in [2.05, 4.69) is 19.9 Å². The fourth-order valence-corrected chi connectivity index (χ4v) is 4.05. The van der Waals surface area contributed by atoms with Crippen molar-refractivity contribution >= 4 is 11.2 Å². The number of benzene rings is 1. The molecule has 0 spiro atoms. The van der Waals surface area contributed by atoms with Crippen molar-refractivity contribution in [1.82, 2.24) is 24.5 Å². The second-order valence-electron chi connectivity index (χ2n) is 7.79. The second kappa shape index (κ2) is 9.31. The van der Waals surface area contributed by atoms with Crippen LogP contribution in [0.2, 0.25) is 0 Å². The highest BCUT2D eigenvalue weighted by Crippen LogP contribution is 2.35. The zero-order valence-corrected chi connectivity index (χ0v) is 18.2. The minimum atomic E-state index is -1.08. The van der Waals surface area contributed by atoms with E-state index in [0.29, 0.717) is 11.5 Å². The van der Waals surface area contributed by atoms with Gasteiger partial charge in [-0.2, -0.15) is 4.98 Å². The molecule has 1 aliphatic rings. The van der Waals surface area contributed by atoms with Crippen LogP contribution in [-0.2, 0) is 16.1 Å². The van der Waals surface area contributed by atoms with Gasteiger partial charge in [-0.1, -0.05) is 24.3 Å². The fraction of sp³-hybridized carbons (Fsp3) is 0.304. The number of nitrogens with zero attached hydrogens (tertiary/aromatic N) is 5. The van der Waals surface area contributed by atoms with Crippen LogP contribution >= 0.6 is 0 Å². The molecule has 11 heteroatoms. The minimum Gasteiger partial charge on any atom is -0.492 e. The molecule has 0 bridgehead atoms. The van der Waals surface area contributed by atoms with Crippen LogP contribution in [0, 0.1) is 0 Å². The van der Waals surface area contributed by atoms with Gasteiger partial charge in [0, 0.05) is 11.8 Å². The van der Waals surface area contributed by atoms with Crippen molar-refractivity contribution in [2.45, 2.75) is 31.1 Å². The summed E-state index contributed by atoms with van der Waals surface area (Å²) >= 11 is 0. The lowest BCUT2D eigenvalue weighted by molar-refractivity contribution is -0.0761. The van der Waals surface area contributed by atoms with Gasteiger partial charge < -0.3 is 29.5 Å². The van der Waals surface area contributed by atoms with Gasteiger partial charge in [-0.3, -0.25) is 4.57 Å². The van der Waals surface area contributed by atoms with Crippen molar-refractivity contribution in [3.05, 3.63) is 60.8 Å². The van der Waals surface area contributed by atoms with Crippen LogP contribution in [0.4, 0.5) is 0 Å². The first-order valence-electron chi connectivity index (χ1n) is 10.6. The Morgan fingerprint density at radius 2 is 1.91 bits per heavy atom. The SMILES string of the molecule is COc1ncccc1-c1ccc(CO[C@@H]2[C@H](O)[C@@H](CO)O[C@H]2n2cnc3c(O)ncnc32)cc1. The number of aromatic hydroxyl groups is 1. The average Bonchev–Trinajstić information content (AvgIpc) is 3.44. The van der Waals surface area contributed by atoms with Crippen LogP contribution in [0.5, 0.6) is 11.8 Å². The highest BCUT2D eigenvalue weighted by molar-refractivity contribution is 5.75. The van der Waals surface area contributed by atoms with Crippen LogP contribution in [0.3, 0.4) is 0 Å². The number of hydrogen-bond donors (Lipinski definition) is 3. The van der Waals surface area contributed by atoms with Crippen LogP contribution in [-0.4, -0.2) is 71.9 Å². The Hall–Kier alpha value is -3.64. The van der Waals surface area contributed by atoms with E-state index in [9.17, 15) is 15.3 Å². The molecular formula is C23H23N5O6. The molecule has 34 heavy (non-hydrogen) atoms. The molecular weight excluding hydrogens is 442 g/mol. The van der Waals surface area contributed by atoms with E-state index in [1.165, 1.54) is 12.7 Å². The number of imidazole rings is 1. The number of aromatic nitrogens is 5. The quantitative estimate of drug-likeness (QED) is 0.366. The summed E-state index contributed by atoms with van der Waals surface area (Å²) in [4.78, 5) is 16.2. The van der Waals surface area contributed by atoms with Gasteiger partial charge in [-0.05, 0) is 23.3 Å².